The standard InChI is InChI=1S/C23H18F4N6OS/c1-12-19-18(15-7-8-28-17(11-15)23(25,26)27)30-20(21-29-13(2)31-35-21)33(19)10-9-32(12)22(34)14-3-5-16(24)6-4-14/h3-8,11-12H,9-10H2,1-2H3. The van der Waals surface area contributed by atoms with Crippen LogP contribution in [0.25, 0.3) is 22.1 Å². The minimum Gasteiger partial charge on any atom is -0.329 e. The lowest BCUT2D eigenvalue weighted by Gasteiger charge is -2.35. The largest absolute Gasteiger partial charge is 0.433 e. The van der Waals surface area contributed by atoms with E-state index in [-0.39, 0.29) is 11.5 Å². The van der Waals surface area contributed by atoms with Crippen LogP contribution in [0.15, 0.2) is 42.6 Å². The number of imidazole rings is 1. The van der Waals surface area contributed by atoms with Gasteiger partial charge in [-0.1, -0.05) is 0 Å². The Balaban J connectivity index is 1.64. The van der Waals surface area contributed by atoms with Crippen LogP contribution in [0.3, 0.4) is 0 Å². The summed E-state index contributed by atoms with van der Waals surface area (Å²) in [5.74, 6) is 0.273. The van der Waals surface area contributed by atoms with E-state index in [1.165, 1.54) is 30.3 Å². The van der Waals surface area contributed by atoms with E-state index in [4.69, 9.17) is 0 Å². The molecular formula is C23H18F4N6OS. The molecule has 0 N–H and O–H groups in total. The lowest BCUT2D eigenvalue weighted by molar-refractivity contribution is -0.141. The Kier molecular flexibility index (Phi) is 5.62. The molecule has 7 nitrogen and oxygen atoms in total. The maximum atomic E-state index is 13.4. The average Bonchev–Trinajstić information content (AvgIpc) is 3.43. The smallest absolute Gasteiger partial charge is 0.329 e. The zero-order chi connectivity index (χ0) is 24.9. The molecule has 1 aliphatic heterocycles. The van der Waals surface area contributed by atoms with Crippen LogP contribution in [-0.2, 0) is 12.7 Å². The second kappa shape index (κ2) is 8.52. The van der Waals surface area contributed by atoms with Crippen LogP contribution in [-0.4, -0.2) is 41.2 Å². The van der Waals surface area contributed by atoms with Crippen LogP contribution in [0.1, 0.15) is 40.5 Å². The Hall–Kier alpha value is -3.67. The minimum absolute atomic E-state index is 0.228. The maximum absolute atomic E-state index is 13.4. The molecule has 1 aromatic carbocycles. The molecule has 0 fully saturated rings. The molecule has 4 aromatic rings. The fourth-order valence-corrected chi connectivity index (χ4v) is 4.87. The number of alkyl halides is 3. The number of halogens is 4. The molecule has 0 bridgehead atoms. The second-order valence-electron chi connectivity index (χ2n) is 8.08. The number of aryl methyl sites for hydroxylation is 1. The number of aromatic nitrogens is 5. The molecule has 0 saturated heterocycles. The van der Waals surface area contributed by atoms with Crippen molar-refractivity contribution in [3.05, 3.63) is 71.2 Å². The van der Waals surface area contributed by atoms with E-state index in [9.17, 15) is 22.4 Å². The summed E-state index contributed by atoms with van der Waals surface area (Å²) in [4.78, 5) is 27.4. The molecule has 1 aliphatic rings. The van der Waals surface area contributed by atoms with Crippen molar-refractivity contribution in [1.29, 1.82) is 0 Å². The van der Waals surface area contributed by atoms with E-state index in [1.54, 1.807) is 18.7 Å². The highest BCUT2D eigenvalue weighted by Crippen LogP contribution is 2.39. The van der Waals surface area contributed by atoms with Gasteiger partial charge < -0.3 is 9.47 Å². The van der Waals surface area contributed by atoms with Crippen LogP contribution in [0, 0.1) is 12.7 Å². The first-order valence-corrected chi connectivity index (χ1v) is 11.4. The molecule has 1 atom stereocenters. The molecule has 35 heavy (non-hydrogen) atoms. The molecule has 4 heterocycles. The van der Waals surface area contributed by atoms with Crippen LogP contribution >= 0.6 is 11.5 Å². The SMILES string of the molecule is Cc1nsc(-c2nc(-c3ccnc(C(F)(F)F)c3)c3n2CCN(C(=O)c2ccc(F)cc2)C3C)n1. The van der Waals surface area contributed by atoms with Crippen LogP contribution in [0.2, 0.25) is 0 Å². The van der Waals surface area contributed by atoms with Crippen molar-refractivity contribution in [2.24, 2.45) is 0 Å². The monoisotopic (exact) mass is 502 g/mol. The fraction of sp³-hybridized carbons (Fsp3) is 0.261. The number of pyridine rings is 1. The Morgan fingerprint density at radius 3 is 2.51 bits per heavy atom. The van der Waals surface area contributed by atoms with Gasteiger partial charge in [-0.3, -0.25) is 9.78 Å². The highest BCUT2D eigenvalue weighted by atomic mass is 32.1. The average molecular weight is 502 g/mol. The highest BCUT2D eigenvalue weighted by molar-refractivity contribution is 7.09. The summed E-state index contributed by atoms with van der Waals surface area (Å²) < 4.78 is 59.6. The van der Waals surface area contributed by atoms with E-state index >= 15 is 0 Å². The predicted octanol–water partition coefficient (Wildman–Crippen LogP) is 5.15. The summed E-state index contributed by atoms with van der Waals surface area (Å²) in [7, 11) is 0. The molecule has 0 radical (unpaired) electrons. The number of carbonyl (C=O) groups excluding carboxylic acids is 1. The first-order chi connectivity index (χ1) is 16.6. The van der Waals surface area contributed by atoms with Gasteiger partial charge in [0.2, 0.25) is 0 Å². The molecule has 0 spiro atoms. The Labute approximate surface area is 201 Å². The number of nitrogens with zero attached hydrogens (tertiary/aromatic N) is 6. The first-order valence-electron chi connectivity index (χ1n) is 10.6. The van der Waals surface area contributed by atoms with Crippen LogP contribution in [0.4, 0.5) is 17.6 Å². The lowest BCUT2D eigenvalue weighted by Crippen LogP contribution is -2.41. The normalized spacial score (nSPS) is 15.8. The summed E-state index contributed by atoms with van der Waals surface area (Å²) in [6, 6.07) is 7.11. The van der Waals surface area contributed by atoms with E-state index in [2.05, 4.69) is 19.3 Å². The molecule has 0 saturated carbocycles. The van der Waals surface area contributed by atoms with Crippen LogP contribution < -0.4 is 0 Å². The molecule has 1 unspecified atom stereocenters. The van der Waals surface area contributed by atoms with Crippen LogP contribution in [0.5, 0.6) is 0 Å². The zero-order valence-electron chi connectivity index (χ0n) is 18.5. The molecule has 5 rings (SSSR count). The summed E-state index contributed by atoms with van der Waals surface area (Å²) in [6.45, 7) is 4.21. The Bertz CT molecular complexity index is 1410. The van der Waals surface area contributed by atoms with Gasteiger partial charge >= 0.3 is 6.18 Å². The number of rotatable bonds is 3. The number of hydrogen-bond donors (Lipinski definition) is 0. The topological polar surface area (TPSA) is 76.8 Å². The number of carbonyl (C=O) groups is 1. The highest BCUT2D eigenvalue weighted by Gasteiger charge is 2.36. The maximum Gasteiger partial charge on any atom is 0.433 e. The third kappa shape index (κ3) is 4.18. The first kappa shape index (κ1) is 23.1. The number of hydrogen-bond acceptors (Lipinski definition) is 6. The quantitative estimate of drug-likeness (QED) is 0.363. The predicted molar refractivity (Wildman–Crippen MR) is 120 cm³/mol. The Morgan fingerprint density at radius 2 is 1.86 bits per heavy atom. The molecular weight excluding hydrogens is 484 g/mol. The van der Waals surface area contributed by atoms with Gasteiger partial charge in [-0.05, 0) is 61.8 Å². The molecule has 180 valence electrons. The van der Waals surface area contributed by atoms with Crippen molar-refractivity contribution < 1.29 is 22.4 Å². The molecule has 1 amide bonds. The summed E-state index contributed by atoms with van der Waals surface area (Å²) >= 11 is 1.15. The Morgan fingerprint density at radius 1 is 1.11 bits per heavy atom. The number of benzene rings is 1. The van der Waals surface area contributed by atoms with Gasteiger partial charge in [0.15, 0.2) is 10.8 Å². The molecule has 0 aliphatic carbocycles. The van der Waals surface area contributed by atoms with Gasteiger partial charge in [0, 0.05) is 30.4 Å². The summed E-state index contributed by atoms with van der Waals surface area (Å²) in [5.41, 5.74) is 0.397. The zero-order valence-corrected chi connectivity index (χ0v) is 19.4. The van der Waals surface area contributed by atoms with Gasteiger partial charge in [0.1, 0.15) is 17.3 Å². The van der Waals surface area contributed by atoms with Gasteiger partial charge in [-0.2, -0.15) is 17.5 Å². The van der Waals surface area contributed by atoms with E-state index in [0.29, 0.717) is 46.7 Å². The third-order valence-corrected chi connectivity index (χ3v) is 6.63. The van der Waals surface area contributed by atoms with Gasteiger partial charge in [-0.15, -0.1) is 0 Å². The van der Waals surface area contributed by atoms with Gasteiger partial charge in [-0.25, -0.2) is 14.4 Å². The van der Waals surface area contributed by atoms with E-state index in [1.807, 2.05) is 4.57 Å². The number of amides is 1. The third-order valence-electron chi connectivity index (χ3n) is 5.83. The van der Waals surface area contributed by atoms with E-state index in [0.717, 1.165) is 23.8 Å². The van der Waals surface area contributed by atoms with Crippen molar-refractivity contribution in [3.8, 4) is 22.1 Å². The van der Waals surface area contributed by atoms with E-state index < -0.39 is 23.7 Å². The lowest BCUT2D eigenvalue weighted by atomic mass is 10.0. The van der Waals surface area contributed by atoms with Crippen molar-refractivity contribution in [1.82, 2.24) is 28.8 Å². The van der Waals surface area contributed by atoms with Crippen molar-refractivity contribution >= 4 is 17.4 Å². The van der Waals surface area contributed by atoms with Gasteiger partial charge in [0.05, 0.1) is 17.4 Å². The fourth-order valence-electron chi connectivity index (χ4n) is 4.20. The number of fused-ring (bicyclic) bond motifs is 1. The summed E-state index contributed by atoms with van der Waals surface area (Å²) in [6.07, 6.45) is -3.53. The molecule has 12 heteroatoms. The van der Waals surface area contributed by atoms with Crippen molar-refractivity contribution in [2.75, 3.05) is 6.54 Å². The van der Waals surface area contributed by atoms with Crippen molar-refractivity contribution in [2.45, 2.75) is 32.6 Å². The molecule has 3 aromatic heterocycles. The second-order valence-corrected chi connectivity index (χ2v) is 8.83. The van der Waals surface area contributed by atoms with Gasteiger partial charge in [0.25, 0.3) is 5.91 Å². The summed E-state index contributed by atoms with van der Waals surface area (Å²) in [5, 5.41) is 0.533. The van der Waals surface area contributed by atoms with Crippen molar-refractivity contribution in [3.63, 3.8) is 0 Å². The minimum atomic E-state index is -4.62.